The van der Waals surface area contributed by atoms with Crippen LogP contribution in [0.5, 0.6) is 5.88 Å². The molecule has 0 atom stereocenters. The van der Waals surface area contributed by atoms with E-state index in [9.17, 15) is 0 Å². The van der Waals surface area contributed by atoms with Gasteiger partial charge in [-0.25, -0.2) is 0 Å². The molecule has 3 nitrogen and oxygen atoms in total. The van der Waals surface area contributed by atoms with Crippen LogP contribution in [0.2, 0.25) is 0 Å². The monoisotopic (exact) mass is 168 g/mol. The summed E-state index contributed by atoms with van der Waals surface area (Å²) >= 11 is 0. The minimum absolute atomic E-state index is 0.199. The predicted molar refractivity (Wildman–Crippen MR) is 48.4 cm³/mol. The minimum Gasteiger partial charge on any atom is -0.474 e. The van der Waals surface area contributed by atoms with E-state index in [1.165, 1.54) is 5.56 Å². The van der Waals surface area contributed by atoms with Gasteiger partial charge in [0, 0.05) is 18.8 Å². The Bertz CT molecular complexity index is 253. The first kappa shape index (κ1) is 9.10. The molecular weight excluding hydrogens is 152 g/mol. The highest BCUT2D eigenvalue weighted by molar-refractivity contribution is 5.23. The van der Waals surface area contributed by atoms with Crippen molar-refractivity contribution in [3.05, 3.63) is 11.8 Å². The Kier molecular flexibility index (Phi) is 2.74. The zero-order valence-electron chi connectivity index (χ0n) is 8.16. The zero-order chi connectivity index (χ0) is 9.14. The molecule has 0 saturated carbocycles. The third kappa shape index (κ3) is 2.00. The first-order chi connectivity index (χ1) is 5.63. The van der Waals surface area contributed by atoms with Crippen LogP contribution in [0.1, 0.15) is 26.3 Å². The topological polar surface area (TPSA) is 27.1 Å². The van der Waals surface area contributed by atoms with E-state index in [4.69, 9.17) is 4.74 Å². The summed E-state index contributed by atoms with van der Waals surface area (Å²) in [5.41, 5.74) is 1.17. The molecule has 68 valence electrons. The van der Waals surface area contributed by atoms with Crippen molar-refractivity contribution in [2.75, 3.05) is 0 Å². The molecule has 1 aromatic rings. The number of hydrogen-bond donors (Lipinski definition) is 0. The van der Waals surface area contributed by atoms with Gasteiger partial charge in [-0.15, -0.1) is 5.10 Å². The molecule has 0 saturated heterocycles. The summed E-state index contributed by atoms with van der Waals surface area (Å²) in [4.78, 5) is 0. The molecule has 0 aromatic carbocycles. The lowest BCUT2D eigenvalue weighted by atomic mass is 10.3. The van der Waals surface area contributed by atoms with Gasteiger partial charge in [0.15, 0.2) is 0 Å². The maximum atomic E-state index is 5.53. The second kappa shape index (κ2) is 3.61. The van der Waals surface area contributed by atoms with Gasteiger partial charge in [0.1, 0.15) is 0 Å². The van der Waals surface area contributed by atoms with Crippen molar-refractivity contribution in [1.29, 1.82) is 0 Å². The van der Waals surface area contributed by atoms with E-state index in [-0.39, 0.29) is 6.10 Å². The molecule has 1 heterocycles. The molecule has 1 rings (SSSR count). The van der Waals surface area contributed by atoms with Gasteiger partial charge in [0.2, 0.25) is 5.88 Å². The van der Waals surface area contributed by atoms with E-state index in [1.54, 1.807) is 4.68 Å². The van der Waals surface area contributed by atoms with Crippen LogP contribution in [-0.4, -0.2) is 15.9 Å². The smallest absolute Gasteiger partial charge is 0.236 e. The Morgan fingerprint density at radius 2 is 2.25 bits per heavy atom. The summed E-state index contributed by atoms with van der Waals surface area (Å²) in [6, 6.07) is 0. The fourth-order valence-corrected chi connectivity index (χ4v) is 1.08. The Balaban J connectivity index is 2.81. The molecule has 0 fully saturated rings. The standard InChI is InChI=1S/C9H16N2O/c1-5-8-6-11(4)10-9(8)12-7(2)3/h6-7H,5H2,1-4H3. The van der Waals surface area contributed by atoms with Crippen molar-refractivity contribution in [3.8, 4) is 5.88 Å². The SMILES string of the molecule is CCc1cn(C)nc1OC(C)C. The maximum Gasteiger partial charge on any atom is 0.236 e. The van der Waals surface area contributed by atoms with Gasteiger partial charge in [-0.05, 0) is 20.3 Å². The number of ether oxygens (including phenoxy) is 1. The van der Waals surface area contributed by atoms with Crippen molar-refractivity contribution < 1.29 is 4.74 Å². The Morgan fingerprint density at radius 1 is 1.58 bits per heavy atom. The summed E-state index contributed by atoms with van der Waals surface area (Å²) < 4.78 is 7.31. The summed E-state index contributed by atoms with van der Waals surface area (Å²) in [5, 5.41) is 4.22. The fraction of sp³-hybridized carbons (Fsp3) is 0.667. The van der Waals surface area contributed by atoms with Gasteiger partial charge in [-0.3, -0.25) is 4.68 Å². The Morgan fingerprint density at radius 3 is 2.75 bits per heavy atom. The van der Waals surface area contributed by atoms with Gasteiger partial charge in [0.25, 0.3) is 0 Å². The molecule has 0 amide bonds. The fourth-order valence-electron chi connectivity index (χ4n) is 1.08. The van der Waals surface area contributed by atoms with Gasteiger partial charge in [-0.2, -0.15) is 0 Å². The van der Waals surface area contributed by atoms with E-state index in [1.807, 2.05) is 27.1 Å². The van der Waals surface area contributed by atoms with Crippen LogP contribution in [0, 0.1) is 0 Å². The van der Waals surface area contributed by atoms with Crippen molar-refractivity contribution >= 4 is 0 Å². The first-order valence-electron chi connectivity index (χ1n) is 4.32. The average Bonchev–Trinajstić information content (AvgIpc) is 2.29. The van der Waals surface area contributed by atoms with Crippen LogP contribution in [-0.2, 0) is 13.5 Å². The normalized spacial score (nSPS) is 10.8. The van der Waals surface area contributed by atoms with E-state index in [0.29, 0.717) is 0 Å². The van der Waals surface area contributed by atoms with Crippen LogP contribution in [0.4, 0.5) is 0 Å². The van der Waals surface area contributed by atoms with E-state index < -0.39 is 0 Å². The number of rotatable bonds is 3. The number of aryl methyl sites for hydroxylation is 2. The lowest BCUT2D eigenvalue weighted by molar-refractivity contribution is 0.228. The predicted octanol–water partition coefficient (Wildman–Crippen LogP) is 1.77. The number of hydrogen-bond acceptors (Lipinski definition) is 2. The molecule has 0 unspecified atom stereocenters. The Labute approximate surface area is 73.3 Å². The summed E-state index contributed by atoms with van der Waals surface area (Å²) in [6.07, 6.45) is 3.17. The molecule has 12 heavy (non-hydrogen) atoms. The second-order valence-corrected chi connectivity index (χ2v) is 3.15. The van der Waals surface area contributed by atoms with Crippen LogP contribution in [0.25, 0.3) is 0 Å². The molecule has 0 aliphatic heterocycles. The highest BCUT2D eigenvalue weighted by Crippen LogP contribution is 2.16. The van der Waals surface area contributed by atoms with E-state index in [0.717, 1.165) is 12.3 Å². The molecule has 0 aliphatic carbocycles. The quantitative estimate of drug-likeness (QED) is 0.687. The summed E-state index contributed by atoms with van der Waals surface area (Å²) in [7, 11) is 1.91. The zero-order valence-corrected chi connectivity index (χ0v) is 8.16. The first-order valence-corrected chi connectivity index (χ1v) is 4.32. The van der Waals surface area contributed by atoms with Crippen LogP contribution in [0.15, 0.2) is 6.20 Å². The molecule has 0 bridgehead atoms. The molecule has 0 spiro atoms. The van der Waals surface area contributed by atoms with Crippen LogP contribution in [0.3, 0.4) is 0 Å². The van der Waals surface area contributed by atoms with Crippen molar-refractivity contribution in [2.24, 2.45) is 7.05 Å². The lowest BCUT2D eigenvalue weighted by Gasteiger charge is -2.06. The molecule has 0 aliphatic rings. The summed E-state index contributed by atoms with van der Waals surface area (Å²) in [5.74, 6) is 0.773. The van der Waals surface area contributed by atoms with Gasteiger partial charge in [0.05, 0.1) is 6.10 Å². The van der Waals surface area contributed by atoms with E-state index >= 15 is 0 Å². The van der Waals surface area contributed by atoms with Gasteiger partial charge in [-0.1, -0.05) is 6.92 Å². The van der Waals surface area contributed by atoms with Crippen molar-refractivity contribution in [2.45, 2.75) is 33.3 Å². The molecule has 1 aromatic heterocycles. The number of nitrogens with zero attached hydrogens (tertiary/aromatic N) is 2. The number of aromatic nitrogens is 2. The molecular formula is C9H16N2O. The van der Waals surface area contributed by atoms with Gasteiger partial charge >= 0.3 is 0 Å². The third-order valence-corrected chi connectivity index (χ3v) is 1.59. The highest BCUT2D eigenvalue weighted by Gasteiger charge is 2.07. The van der Waals surface area contributed by atoms with Crippen LogP contribution >= 0.6 is 0 Å². The third-order valence-electron chi connectivity index (χ3n) is 1.59. The lowest BCUT2D eigenvalue weighted by Crippen LogP contribution is -2.07. The minimum atomic E-state index is 0.199. The van der Waals surface area contributed by atoms with E-state index in [2.05, 4.69) is 12.0 Å². The highest BCUT2D eigenvalue weighted by atomic mass is 16.5. The Hall–Kier alpha value is -0.990. The summed E-state index contributed by atoms with van der Waals surface area (Å²) in [6.45, 7) is 6.12. The molecule has 0 radical (unpaired) electrons. The molecule has 3 heteroatoms. The van der Waals surface area contributed by atoms with Gasteiger partial charge < -0.3 is 4.74 Å². The largest absolute Gasteiger partial charge is 0.474 e. The second-order valence-electron chi connectivity index (χ2n) is 3.15. The van der Waals surface area contributed by atoms with Crippen molar-refractivity contribution in [1.82, 2.24) is 9.78 Å². The maximum absolute atomic E-state index is 5.53. The average molecular weight is 168 g/mol. The van der Waals surface area contributed by atoms with Crippen LogP contribution < -0.4 is 4.74 Å². The van der Waals surface area contributed by atoms with Crippen molar-refractivity contribution in [3.63, 3.8) is 0 Å². The molecule has 0 N–H and O–H groups in total.